The Morgan fingerprint density at radius 3 is 3.12 bits per heavy atom. The number of aromatic nitrogens is 1. The molecule has 2 heterocycles. The second-order valence-electron chi connectivity index (χ2n) is 5.08. The molecule has 1 aromatic rings. The molecule has 1 fully saturated rings. The smallest absolute Gasteiger partial charge is 0.0666 e. The fourth-order valence-corrected chi connectivity index (χ4v) is 4.29. The molecule has 3 heteroatoms. The number of rotatable bonds is 1. The van der Waals surface area contributed by atoms with Crippen molar-refractivity contribution < 1.29 is 0 Å². The van der Waals surface area contributed by atoms with Gasteiger partial charge in [0.15, 0.2) is 0 Å². The third kappa shape index (κ3) is 2.15. The highest BCUT2D eigenvalue weighted by Gasteiger charge is 2.38. The van der Waals surface area contributed by atoms with Crippen molar-refractivity contribution >= 4 is 28.2 Å². The number of aryl methyl sites for hydroxylation is 1. The lowest BCUT2D eigenvalue weighted by molar-refractivity contribution is 0.451. The monoisotopic (exact) mass is 340 g/mol. The largest absolute Gasteiger partial charge is 0.305 e. The van der Waals surface area contributed by atoms with E-state index in [4.69, 9.17) is 0 Å². The topological polar surface area (TPSA) is 24.9 Å². The summed E-state index contributed by atoms with van der Waals surface area (Å²) < 4.78 is 0.574. The molecule has 0 spiro atoms. The van der Waals surface area contributed by atoms with Gasteiger partial charge in [0.25, 0.3) is 0 Å². The van der Waals surface area contributed by atoms with Crippen molar-refractivity contribution in [1.29, 1.82) is 0 Å². The molecule has 1 aromatic heterocycles. The predicted molar refractivity (Wildman–Crippen MR) is 79.0 cm³/mol. The molecule has 3 rings (SSSR count). The Balaban J connectivity index is 1.99. The van der Waals surface area contributed by atoms with Gasteiger partial charge in [0.05, 0.1) is 4.05 Å². The van der Waals surface area contributed by atoms with Gasteiger partial charge < -0.3 is 5.32 Å². The number of halogens is 1. The molecule has 1 aliphatic heterocycles. The van der Waals surface area contributed by atoms with Crippen molar-refractivity contribution in [3.05, 3.63) is 35.7 Å². The molecule has 1 saturated heterocycles. The first kappa shape index (κ1) is 11.7. The van der Waals surface area contributed by atoms with Crippen LogP contribution in [0.1, 0.15) is 24.0 Å². The zero-order valence-corrected chi connectivity index (χ0v) is 12.1. The van der Waals surface area contributed by atoms with E-state index in [9.17, 15) is 0 Å². The van der Waals surface area contributed by atoms with Crippen molar-refractivity contribution in [2.45, 2.75) is 23.8 Å². The SMILES string of the molecule is Cc1cncc(C2=CCCC3CNC(I)C23)c1. The number of fused-ring (bicyclic) bond motifs is 1. The van der Waals surface area contributed by atoms with E-state index in [1.165, 1.54) is 36.1 Å². The number of nitrogens with one attached hydrogen (secondary N) is 1. The number of pyridine rings is 1. The summed E-state index contributed by atoms with van der Waals surface area (Å²) in [5, 5.41) is 3.60. The van der Waals surface area contributed by atoms with Gasteiger partial charge in [0, 0.05) is 18.3 Å². The second-order valence-corrected chi connectivity index (χ2v) is 6.43. The first-order chi connectivity index (χ1) is 8.25. The predicted octanol–water partition coefficient (Wildman–Crippen LogP) is 3.16. The molecular weight excluding hydrogens is 323 g/mol. The number of hydrogen-bond donors (Lipinski definition) is 1. The second kappa shape index (κ2) is 4.69. The van der Waals surface area contributed by atoms with E-state index >= 15 is 0 Å². The minimum absolute atomic E-state index is 0.574. The minimum atomic E-state index is 0.574. The zero-order chi connectivity index (χ0) is 11.8. The molecule has 0 saturated carbocycles. The molecule has 3 unspecified atom stereocenters. The standard InChI is InChI=1S/C14H17IN2/c1-9-5-11(7-16-6-9)12-4-2-3-10-8-17-14(15)13(10)12/h4-7,10,13-14,17H,2-3,8H2,1H3. The molecule has 2 nitrogen and oxygen atoms in total. The molecule has 17 heavy (non-hydrogen) atoms. The van der Waals surface area contributed by atoms with Crippen LogP contribution >= 0.6 is 22.6 Å². The first-order valence-corrected chi connectivity index (χ1v) is 7.50. The molecule has 1 aliphatic carbocycles. The van der Waals surface area contributed by atoms with Crippen molar-refractivity contribution in [3.8, 4) is 0 Å². The van der Waals surface area contributed by atoms with Gasteiger partial charge in [-0.25, -0.2) is 0 Å². The van der Waals surface area contributed by atoms with Crippen LogP contribution in [0.25, 0.3) is 5.57 Å². The Morgan fingerprint density at radius 1 is 1.41 bits per heavy atom. The highest BCUT2D eigenvalue weighted by Crippen LogP contribution is 2.43. The summed E-state index contributed by atoms with van der Waals surface area (Å²) in [6, 6.07) is 2.27. The molecule has 0 aromatic carbocycles. The van der Waals surface area contributed by atoms with Crippen molar-refractivity contribution in [1.82, 2.24) is 10.3 Å². The van der Waals surface area contributed by atoms with Crippen LogP contribution in [0.5, 0.6) is 0 Å². The van der Waals surface area contributed by atoms with Crippen molar-refractivity contribution in [3.63, 3.8) is 0 Å². The van der Waals surface area contributed by atoms with E-state index in [0.29, 0.717) is 9.97 Å². The van der Waals surface area contributed by atoms with Crippen molar-refractivity contribution in [2.24, 2.45) is 11.8 Å². The summed E-state index contributed by atoms with van der Waals surface area (Å²) in [5.74, 6) is 1.49. The third-order valence-corrected chi connectivity index (χ3v) is 5.08. The highest BCUT2D eigenvalue weighted by atomic mass is 127. The van der Waals surface area contributed by atoms with E-state index < -0.39 is 0 Å². The van der Waals surface area contributed by atoms with Crippen molar-refractivity contribution in [2.75, 3.05) is 6.54 Å². The van der Waals surface area contributed by atoms with Crippen LogP contribution in [0.3, 0.4) is 0 Å². The van der Waals surface area contributed by atoms with Gasteiger partial charge >= 0.3 is 0 Å². The Morgan fingerprint density at radius 2 is 2.29 bits per heavy atom. The lowest BCUT2D eigenvalue weighted by Gasteiger charge is -2.28. The van der Waals surface area contributed by atoms with E-state index in [1.807, 2.05) is 12.4 Å². The molecule has 2 aliphatic rings. The van der Waals surface area contributed by atoms with E-state index in [0.717, 1.165) is 5.92 Å². The van der Waals surface area contributed by atoms with Gasteiger partial charge in [-0.2, -0.15) is 0 Å². The van der Waals surface area contributed by atoms with E-state index in [2.05, 4.69) is 52.0 Å². The number of nitrogens with zero attached hydrogens (tertiary/aromatic N) is 1. The summed E-state index contributed by atoms with van der Waals surface area (Å²) in [4.78, 5) is 4.33. The Hall–Kier alpha value is -0.420. The quantitative estimate of drug-likeness (QED) is 0.483. The van der Waals surface area contributed by atoms with Crippen LogP contribution in [-0.4, -0.2) is 15.6 Å². The van der Waals surface area contributed by atoms with Gasteiger partial charge in [-0.1, -0.05) is 28.7 Å². The maximum Gasteiger partial charge on any atom is 0.0666 e. The summed E-state index contributed by atoms with van der Waals surface area (Å²) >= 11 is 2.54. The maximum atomic E-state index is 4.33. The zero-order valence-electron chi connectivity index (χ0n) is 9.99. The van der Waals surface area contributed by atoms with E-state index in [-0.39, 0.29) is 0 Å². The van der Waals surface area contributed by atoms with Crippen LogP contribution in [0, 0.1) is 18.8 Å². The molecule has 0 bridgehead atoms. The van der Waals surface area contributed by atoms with Crippen LogP contribution in [0.2, 0.25) is 0 Å². The average Bonchev–Trinajstić information content (AvgIpc) is 2.71. The summed E-state index contributed by atoms with van der Waals surface area (Å²) in [6.45, 7) is 3.29. The first-order valence-electron chi connectivity index (χ1n) is 6.25. The normalized spacial score (nSPS) is 32.1. The summed E-state index contributed by atoms with van der Waals surface area (Å²) in [5.41, 5.74) is 4.09. The third-order valence-electron chi connectivity index (χ3n) is 3.87. The molecule has 3 atom stereocenters. The molecule has 1 N–H and O–H groups in total. The highest BCUT2D eigenvalue weighted by molar-refractivity contribution is 14.1. The van der Waals surface area contributed by atoms with Crippen LogP contribution in [-0.2, 0) is 0 Å². The lowest BCUT2D eigenvalue weighted by atomic mass is 9.78. The Labute approximate surface area is 116 Å². The number of hydrogen-bond acceptors (Lipinski definition) is 2. The number of alkyl halides is 1. The Kier molecular flexibility index (Phi) is 3.21. The van der Waals surface area contributed by atoms with Gasteiger partial charge in [-0.3, -0.25) is 4.98 Å². The minimum Gasteiger partial charge on any atom is -0.305 e. The maximum absolute atomic E-state index is 4.33. The van der Waals surface area contributed by atoms with Crippen LogP contribution in [0.15, 0.2) is 24.5 Å². The van der Waals surface area contributed by atoms with Gasteiger partial charge in [-0.05, 0) is 55.0 Å². The van der Waals surface area contributed by atoms with Gasteiger partial charge in [0.2, 0.25) is 0 Å². The molecular formula is C14H17IN2. The Bertz CT molecular complexity index is 455. The summed E-state index contributed by atoms with van der Waals surface area (Å²) in [7, 11) is 0. The van der Waals surface area contributed by atoms with Gasteiger partial charge in [0.1, 0.15) is 0 Å². The molecule has 0 radical (unpaired) electrons. The lowest BCUT2D eigenvalue weighted by Crippen LogP contribution is -2.23. The molecule has 90 valence electrons. The summed E-state index contributed by atoms with van der Waals surface area (Å²) in [6.07, 6.45) is 8.92. The van der Waals surface area contributed by atoms with Crippen LogP contribution < -0.4 is 5.32 Å². The van der Waals surface area contributed by atoms with E-state index in [1.54, 1.807) is 0 Å². The fourth-order valence-electron chi connectivity index (χ4n) is 3.06. The van der Waals surface area contributed by atoms with Gasteiger partial charge in [-0.15, -0.1) is 0 Å². The molecule has 0 amide bonds. The number of allylic oxidation sites excluding steroid dienone is 1. The average molecular weight is 340 g/mol. The van der Waals surface area contributed by atoms with Crippen LogP contribution in [0.4, 0.5) is 0 Å². The fraction of sp³-hybridized carbons (Fsp3) is 0.500.